The number of rotatable bonds is 8. The van der Waals surface area contributed by atoms with E-state index in [9.17, 15) is 13.2 Å². The molecule has 0 bridgehead atoms. The molecule has 31 heavy (non-hydrogen) atoms. The van der Waals surface area contributed by atoms with Gasteiger partial charge in [-0.2, -0.15) is 0 Å². The van der Waals surface area contributed by atoms with Crippen LogP contribution in [0.1, 0.15) is 6.92 Å². The van der Waals surface area contributed by atoms with Crippen LogP contribution in [0, 0.1) is 0 Å². The van der Waals surface area contributed by atoms with Crippen molar-refractivity contribution in [3.8, 4) is 11.5 Å². The van der Waals surface area contributed by atoms with Gasteiger partial charge in [0.2, 0.25) is 0 Å². The lowest BCUT2D eigenvalue weighted by Crippen LogP contribution is -2.30. The largest absolute Gasteiger partial charge is 0.497 e. The molecule has 3 aromatic carbocycles. The van der Waals surface area contributed by atoms with Gasteiger partial charge in [0.25, 0.3) is 15.9 Å². The molecule has 9 heteroatoms. The minimum Gasteiger partial charge on any atom is -0.497 e. The first kappa shape index (κ1) is 22.5. The Balaban J connectivity index is 1.63. The van der Waals surface area contributed by atoms with Gasteiger partial charge in [0.15, 0.2) is 6.10 Å². The van der Waals surface area contributed by atoms with Crippen LogP contribution >= 0.6 is 11.6 Å². The molecule has 3 aromatic rings. The Morgan fingerprint density at radius 1 is 0.935 bits per heavy atom. The van der Waals surface area contributed by atoms with Crippen molar-refractivity contribution in [3.05, 3.63) is 77.8 Å². The normalized spacial score (nSPS) is 12.0. The Labute approximate surface area is 186 Å². The van der Waals surface area contributed by atoms with Crippen LogP contribution in [0.2, 0.25) is 5.02 Å². The molecule has 0 aromatic heterocycles. The number of benzene rings is 3. The number of halogens is 1. The predicted molar refractivity (Wildman–Crippen MR) is 120 cm³/mol. The molecule has 0 radical (unpaired) electrons. The van der Waals surface area contributed by atoms with E-state index in [-0.39, 0.29) is 10.8 Å². The van der Waals surface area contributed by atoms with Crippen LogP contribution < -0.4 is 19.5 Å². The van der Waals surface area contributed by atoms with Crippen molar-refractivity contribution in [1.82, 2.24) is 0 Å². The van der Waals surface area contributed by atoms with Crippen LogP contribution in [0.4, 0.5) is 11.4 Å². The Hall–Kier alpha value is -3.23. The summed E-state index contributed by atoms with van der Waals surface area (Å²) in [5.74, 6) is 0.735. The van der Waals surface area contributed by atoms with Crippen LogP contribution in [0.3, 0.4) is 0 Å². The lowest BCUT2D eigenvalue weighted by atomic mass is 10.3. The zero-order valence-electron chi connectivity index (χ0n) is 16.8. The van der Waals surface area contributed by atoms with E-state index in [2.05, 4.69) is 10.0 Å². The van der Waals surface area contributed by atoms with Gasteiger partial charge in [-0.3, -0.25) is 9.52 Å². The molecule has 1 amide bonds. The zero-order valence-corrected chi connectivity index (χ0v) is 18.4. The number of carbonyl (C=O) groups excluding carboxylic acids is 1. The topological polar surface area (TPSA) is 93.7 Å². The molecule has 0 spiro atoms. The number of sulfonamides is 1. The highest BCUT2D eigenvalue weighted by Crippen LogP contribution is 2.22. The van der Waals surface area contributed by atoms with Crippen molar-refractivity contribution in [2.24, 2.45) is 0 Å². The van der Waals surface area contributed by atoms with E-state index in [0.29, 0.717) is 27.9 Å². The fourth-order valence-corrected chi connectivity index (χ4v) is 3.90. The number of amides is 1. The highest BCUT2D eigenvalue weighted by atomic mass is 35.5. The van der Waals surface area contributed by atoms with Gasteiger partial charge in [0.05, 0.1) is 17.7 Å². The second-order valence-corrected chi connectivity index (χ2v) is 8.69. The minimum absolute atomic E-state index is 0.0474. The third-order valence-corrected chi connectivity index (χ3v) is 5.86. The summed E-state index contributed by atoms with van der Waals surface area (Å²) in [6, 6.07) is 19.1. The lowest BCUT2D eigenvalue weighted by Gasteiger charge is -2.15. The van der Waals surface area contributed by atoms with Crippen LogP contribution in [0.15, 0.2) is 77.7 Å². The molecule has 162 valence electrons. The molecule has 0 aliphatic heterocycles. The molecule has 7 nitrogen and oxygen atoms in total. The number of hydrogen-bond acceptors (Lipinski definition) is 5. The van der Waals surface area contributed by atoms with Crippen LogP contribution in [0.25, 0.3) is 0 Å². The summed E-state index contributed by atoms with van der Waals surface area (Å²) in [5, 5.41) is 3.12. The van der Waals surface area contributed by atoms with E-state index in [1.807, 2.05) is 0 Å². The van der Waals surface area contributed by atoms with Crippen molar-refractivity contribution >= 4 is 38.9 Å². The van der Waals surface area contributed by atoms with Crippen LogP contribution in [0.5, 0.6) is 11.5 Å². The number of hydrogen-bond donors (Lipinski definition) is 2. The first-order valence-electron chi connectivity index (χ1n) is 9.27. The van der Waals surface area contributed by atoms with E-state index in [4.69, 9.17) is 21.1 Å². The number of carbonyl (C=O) groups is 1. The standard InChI is InChI=1S/C22H21ClN2O5S/c1-15(30-20-8-4-7-19(14-20)29-2)22(26)24-17-9-11-21(12-10-17)31(27,28)25-18-6-3-5-16(23)13-18/h3-15,25H,1-2H3,(H,24,26). The highest BCUT2D eigenvalue weighted by molar-refractivity contribution is 7.92. The van der Waals surface area contributed by atoms with Crippen molar-refractivity contribution in [3.63, 3.8) is 0 Å². The molecular formula is C22H21ClN2O5S. The van der Waals surface area contributed by atoms with Crippen LogP contribution in [-0.2, 0) is 14.8 Å². The summed E-state index contributed by atoms with van der Waals surface area (Å²) >= 11 is 5.89. The van der Waals surface area contributed by atoms with Crippen LogP contribution in [-0.4, -0.2) is 27.5 Å². The second-order valence-electron chi connectivity index (χ2n) is 6.57. The summed E-state index contributed by atoms with van der Waals surface area (Å²) in [6.07, 6.45) is -0.778. The Bertz CT molecular complexity index is 1170. The molecule has 0 fully saturated rings. The maximum Gasteiger partial charge on any atom is 0.265 e. The smallest absolute Gasteiger partial charge is 0.265 e. The van der Waals surface area contributed by atoms with Gasteiger partial charge in [0, 0.05) is 16.8 Å². The van der Waals surface area contributed by atoms with Gasteiger partial charge in [-0.05, 0) is 61.5 Å². The number of anilines is 2. The number of ether oxygens (including phenoxy) is 2. The van der Waals surface area contributed by atoms with E-state index in [1.54, 1.807) is 56.5 Å². The van der Waals surface area contributed by atoms with E-state index in [1.165, 1.54) is 30.3 Å². The quantitative estimate of drug-likeness (QED) is 0.514. The average Bonchev–Trinajstić information content (AvgIpc) is 2.74. The minimum atomic E-state index is -3.80. The molecule has 2 N–H and O–H groups in total. The number of nitrogens with one attached hydrogen (secondary N) is 2. The van der Waals surface area contributed by atoms with E-state index < -0.39 is 16.1 Å². The third kappa shape index (κ3) is 6.13. The molecule has 3 rings (SSSR count). The van der Waals surface area contributed by atoms with Gasteiger partial charge >= 0.3 is 0 Å². The fraction of sp³-hybridized carbons (Fsp3) is 0.136. The highest BCUT2D eigenvalue weighted by Gasteiger charge is 2.17. The molecule has 0 aliphatic rings. The zero-order chi connectivity index (χ0) is 22.4. The van der Waals surface area contributed by atoms with Gasteiger partial charge < -0.3 is 14.8 Å². The Morgan fingerprint density at radius 3 is 2.29 bits per heavy atom. The summed E-state index contributed by atoms with van der Waals surface area (Å²) in [5.41, 5.74) is 0.793. The van der Waals surface area contributed by atoms with Crippen molar-refractivity contribution < 1.29 is 22.7 Å². The molecule has 0 saturated heterocycles. The van der Waals surface area contributed by atoms with Crippen molar-refractivity contribution in [2.75, 3.05) is 17.1 Å². The summed E-state index contributed by atoms with van der Waals surface area (Å²) < 4.78 is 38.3. The summed E-state index contributed by atoms with van der Waals surface area (Å²) in [7, 11) is -2.25. The molecule has 0 saturated carbocycles. The maximum absolute atomic E-state index is 12.5. The van der Waals surface area contributed by atoms with Crippen molar-refractivity contribution in [1.29, 1.82) is 0 Å². The monoisotopic (exact) mass is 460 g/mol. The predicted octanol–water partition coefficient (Wildman–Crippen LogP) is 4.56. The van der Waals surface area contributed by atoms with E-state index >= 15 is 0 Å². The second kappa shape index (κ2) is 9.72. The fourth-order valence-electron chi connectivity index (χ4n) is 2.66. The van der Waals surface area contributed by atoms with Gasteiger partial charge in [-0.1, -0.05) is 23.7 Å². The lowest BCUT2D eigenvalue weighted by molar-refractivity contribution is -0.122. The third-order valence-electron chi connectivity index (χ3n) is 4.23. The van der Waals surface area contributed by atoms with E-state index in [0.717, 1.165) is 0 Å². The number of methoxy groups -OCH3 is 1. The summed E-state index contributed by atoms with van der Waals surface area (Å²) in [6.45, 7) is 1.61. The molecule has 1 unspecified atom stereocenters. The summed E-state index contributed by atoms with van der Waals surface area (Å²) in [4.78, 5) is 12.5. The molecular weight excluding hydrogens is 440 g/mol. The molecule has 0 heterocycles. The maximum atomic E-state index is 12.5. The van der Waals surface area contributed by atoms with Crippen molar-refractivity contribution in [2.45, 2.75) is 17.9 Å². The Kier molecular flexibility index (Phi) is 7.04. The average molecular weight is 461 g/mol. The first-order valence-corrected chi connectivity index (χ1v) is 11.1. The Morgan fingerprint density at radius 2 is 1.61 bits per heavy atom. The molecule has 0 aliphatic carbocycles. The molecule has 1 atom stereocenters. The SMILES string of the molecule is COc1cccc(OC(C)C(=O)Nc2ccc(S(=O)(=O)Nc3cccc(Cl)c3)cc2)c1. The van der Waals surface area contributed by atoms with Gasteiger partial charge in [0.1, 0.15) is 11.5 Å². The first-order chi connectivity index (χ1) is 14.8. The van der Waals surface area contributed by atoms with Gasteiger partial charge in [-0.25, -0.2) is 8.42 Å². The van der Waals surface area contributed by atoms with Gasteiger partial charge in [-0.15, -0.1) is 0 Å².